The number of nitrogens with one attached hydrogen (secondary N) is 2. The van der Waals surface area contributed by atoms with Crippen LogP contribution in [0, 0.1) is 0 Å². The Morgan fingerprint density at radius 3 is 2.86 bits per heavy atom. The molecular formula is C10H14BrClN2. The second-order valence-corrected chi connectivity index (χ2v) is 4.34. The van der Waals surface area contributed by atoms with E-state index in [9.17, 15) is 0 Å². The van der Waals surface area contributed by atoms with E-state index in [4.69, 9.17) is 11.6 Å². The maximum absolute atomic E-state index is 6.03. The number of halogens is 2. The average molecular weight is 278 g/mol. The van der Waals surface area contributed by atoms with Gasteiger partial charge in [0, 0.05) is 29.1 Å². The molecule has 0 spiro atoms. The van der Waals surface area contributed by atoms with Gasteiger partial charge in [-0.2, -0.15) is 0 Å². The fourth-order valence-corrected chi connectivity index (χ4v) is 1.71. The quantitative estimate of drug-likeness (QED) is 0.808. The van der Waals surface area contributed by atoms with Crippen LogP contribution in [0.1, 0.15) is 5.56 Å². The second kappa shape index (κ2) is 6.40. The third kappa shape index (κ3) is 3.96. The highest BCUT2D eigenvalue weighted by atomic mass is 79.9. The van der Waals surface area contributed by atoms with Gasteiger partial charge in [0.15, 0.2) is 0 Å². The highest BCUT2D eigenvalue weighted by Gasteiger charge is 1.99. The van der Waals surface area contributed by atoms with Gasteiger partial charge >= 0.3 is 0 Å². The first-order valence-electron chi connectivity index (χ1n) is 4.53. The van der Waals surface area contributed by atoms with E-state index in [-0.39, 0.29) is 0 Å². The van der Waals surface area contributed by atoms with Crippen LogP contribution in [0.4, 0.5) is 0 Å². The average Bonchev–Trinajstić information content (AvgIpc) is 2.18. The Morgan fingerprint density at radius 1 is 1.36 bits per heavy atom. The van der Waals surface area contributed by atoms with E-state index in [1.165, 1.54) is 0 Å². The van der Waals surface area contributed by atoms with Crippen LogP contribution < -0.4 is 10.6 Å². The minimum absolute atomic E-state index is 0.806. The van der Waals surface area contributed by atoms with Crippen molar-refractivity contribution in [1.29, 1.82) is 0 Å². The van der Waals surface area contributed by atoms with Crippen LogP contribution in [0.2, 0.25) is 5.02 Å². The number of benzene rings is 1. The fraction of sp³-hybridized carbons (Fsp3) is 0.400. The summed E-state index contributed by atoms with van der Waals surface area (Å²) in [6.45, 7) is 2.71. The van der Waals surface area contributed by atoms with E-state index in [2.05, 4.69) is 26.6 Å². The fourth-order valence-electron chi connectivity index (χ4n) is 1.12. The Bertz CT molecular complexity index is 291. The summed E-state index contributed by atoms with van der Waals surface area (Å²) in [4.78, 5) is 0. The third-order valence-electron chi connectivity index (χ3n) is 1.87. The summed E-state index contributed by atoms with van der Waals surface area (Å²) < 4.78 is 1.06. The normalized spacial score (nSPS) is 10.5. The van der Waals surface area contributed by atoms with Crippen LogP contribution in [-0.2, 0) is 6.54 Å². The number of hydrogen-bond donors (Lipinski definition) is 2. The van der Waals surface area contributed by atoms with Crippen LogP contribution in [-0.4, -0.2) is 20.1 Å². The van der Waals surface area contributed by atoms with Crippen molar-refractivity contribution in [3.05, 3.63) is 33.3 Å². The first kappa shape index (κ1) is 12.0. The monoisotopic (exact) mass is 276 g/mol. The predicted octanol–water partition coefficient (Wildman–Crippen LogP) is 2.41. The van der Waals surface area contributed by atoms with Gasteiger partial charge in [0.05, 0.1) is 0 Å². The molecule has 0 fully saturated rings. The summed E-state index contributed by atoms with van der Waals surface area (Å²) in [6, 6.07) is 5.88. The summed E-state index contributed by atoms with van der Waals surface area (Å²) in [5, 5.41) is 7.19. The first-order chi connectivity index (χ1) is 6.74. The Morgan fingerprint density at radius 2 is 2.14 bits per heavy atom. The van der Waals surface area contributed by atoms with Crippen LogP contribution in [0.15, 0.2) is 22.7 Å². The molecule has 0 aliphatic heterocycles. The van der Waals surface area contributed by atoms with Crippen LogP contribution in [0.5, 0.6) is 0 Å². The molecule has 0 saturated heterocycles. The molecule has 1 aromatic carbocycles. The van der Waals surface area contributed by atoms with E-state index in [1.807, 2.05) is 25.2 Å². The zero-order valence-electron chi connectivity index (χ0n) is 8.11. The van der Waals surface area contributed by atoms with Gasteiger partial charge in [-0.3, -0.25) is 0 Å². The molecule has 1 rings (SSSR count). The lowest BCUT2D eigenvalue weighted by Gasteiger charge is -2.06. The van der Waals surface area contributed by atoms with Gasteiger partial charge in [-0.1, -0.05) is 27.5 Å². The Hall–Kier alpha value is -0.0900. The number of rotatable bonds is 5. The van der Waals surface area contributed by atoms with Crippen molar-refractivity contribution in [2.45, 2.75) is 6.54 Å². The van der Waals surface area contributed by atoms with Crippen LogP contribution >= 0.6 is 27.5 Å². The lowest BCUT2D eigenvalue weighted by atomic mass is 10.2. The largest absolute Gasteiger partial charge is 0.318 e. The molecule has 0 bridgehead atoms. The van der Waals surface area contributed by atoms with Crippen molar-refractivity contribution in [1.82, 2.24) is 10.6 Å². The molecular weight excluding hydrogens is 263 g/mol. The smallest absolute Gasteiger partial charge is 0.0451 e. The lowest BCUT2D eigenvalue weighted by molar-refractivity contribution is 0.650. The van der Waals surface area contributed by atoms with Crippen molar-refractivity contribution in [2.24, 2.45) is 0 Å². The van der Waals surface area contributed by atoms with Gasteiger partial charge in [-0.25, -0.2) is 0 Å². The molecule has 0 radical (unpaired) electrons. The topological polar surface area (TPSA) is 24.1 Å². The minimum atomic E-state index is 0.806. The van der Waals surface area contributed by atoms with Gasteiger partial charge in [0.1, 0.15) is 0 Å². The molecule has 4 heteroatoms. The molecule has 0 aromatic heterocycles. The van der Waals surface area contributed by atoms with Gasteiger partial charge in [0.25, 0.3) is 0 Å². The molecule has 0 amide bonds. The minimum Gasteiger partial charge on any atom is -0.318 e. The standard InChI is InChI=1S/C10H14BrClN2/c1-13-4-5-14-7-8-6-9(11)2-3-10(8)12/h2-3,6,13-14H,4-5,7H2,1H3. The molecule has 1 aromatic rings. The lowest BCUT2D eigenvalue weighted by Crippen LogP contribution is -2.24. The van der Waals surface area contributed by atoms with Gasteiger partial charge in [-0.05, 0) is 30.8 Å². The van der Waals surface area contributed by atoms with Crippen molar-refractivity contribution >= 4 is 27.5 Å². The molecule has 0 unspecified atom stereocenters. The summed E-state index contributed by atoms with van der Waals surface area (Å²) in [7, 11) is 1.94. The molecule has 14 heavy (non-hydrogen) atoms. The molecule has 2 nitrogen and oxygen atoms in total. The Labute approximate surface area is 98.2 Å². The Balaban J connectivity index is 2.45. The predicted molar refractivity (Wildman–Crippen MR) is 64.8 cm³/mol. The number of hydrogen-bond acceptors (Lipinski definition) is 2. The Kier molecular flexibility index (Phi) is 5.48. The maximum atomic E-state index is 6.03. The van der Waals surface area contributed by atoms with E-state index >= 15 is 0 Å². The second-order valence-electron chi connectivity index (χ2n) is 3.02. The molecule has 0 aliphatic rings. The zero-order valence-corrected chi connectivity index (χ0v) is 10.5. The third-order valence-corrected chi connectivity index (χ3v) is 2.74. The van der Waals surface area contributed by atoms with E-state index in [0.717, 1.165) is 34.7 Å². The van der Waals surface area contributed by atoms with Crippen molar-refractivity contribution < 1.29 is 0 Å². The number of likely N-dealkylation sites (N-methyl/N-ethyl adjacent to an activating group) is 1. The summed E-state index contributed by atoms with van der Waals surface area (Å²) >= 11 is 9.45. The highest BCUT2D eigenvalue weighted by molar-refractivity contribution is 9.10. The summed E-state index contributed by atoms with van der Waals surface area (Å²) in [6.07, 6.45) is 0. The van der Waals surface area contributed by atoms with E-state index < -0.39 is 0 Å². The molecule has 0 aliphatic carbocycles. The van der Waals surface area contributed by atoms with Gasteiger partial charge < -0.3 is 10.6 Å². The SMILES string of the molecule is CNCCNCc1cc(Br)ccc1Cl. The zero-order chi connectivity index (χ0) is 10.4. The van der Waals surface area contributed by atoms with Crippen molar-refractivity contribution in [3.8, 4) is 0 Å². The molecule has 0 atom stereocenters. The first-order valence-corrected chi connectivity index (χ1v) is 5.70. The van der Waals surface area contributed by atoms with Crippen molar-refractivity contribution in [3.63, 3.8) is 0 Å². The molecule has 2 N–H and O–H groups in total. The molecule has 0 heterocycles. The van der Waals surface area contributed by atoms with Gasteiger partial charge in [-0.15, -0.1) is 0 Å². The summed E-state index contributed by atoms with van der Waals surface area (Å²) in [5.41, 5.74) is 1.12. The maximum Gasteiger partial charge on any atom is 0.0451 e. The highest BCUT2D eigenvalue weighted by Crippen LogP contribution is 2.20. The van der Waals surface area contributed by atoms with Crippen LogP contribution in [0.25, 0.3) is 0 Å². The van der Waals surface area contributed by atoms with E-state index in [1.54, 1.807) is 0 Å². The van der Waals surface area contributed by atoms with Crippen molar-refractivity contribution in [2.75, 3.05) is 20.1 Å². The van der Waals surface area contributed by atoms with Crippen LogP contribution in [0.3, 0.4) is 0 Å². The summed E-state index contributed by atoms with van der Waals surface area (Å²) in [5.74, 6) is 0. The molecule has 78 valence electrons. The molecule has 0 saturated carbocycles. The van der Waals surface area contributed by atoms with E-state index in [0.29, 0.717) is 0 Å². The van der Waals surface area contributed by atoms with Gasteiger partial charge in [0.2, 0.25) is 0 Å².